The fourth-order valence-corrected chi connectivity index (χ4v) is 2.00. The molecule has 0 saturated heterocycles. The van der Waals surface area contributed by atoms with E-state index >= 15 is 0 Å². The summed E-state index contributed by atoms with van der Waals surface area (Å²) < 4.78 is 10.5. The Hall–Kier alpha value is -0.570. The lowest BCUT2D eigenvalue weighted by atomic mass is 9.86. The summed E-state index contributed by atoms with van der Waals surface area (Å²) in [6, 6.07) is 0. The van der Waals surface area contributed by atoms with Crippen LogP contribution in [0.15, 0.2) is 0 Å². The van der Waals surface area contributed by atoms with Crippen LogP contribution in [0.1, 0.15) is 47.0 Å². The highest BCUT2D eigenvalue weighted by Gasteiger charge is 2.28. The van der Waals surface area contributed by atoms with Crippen LogP contribution in [0.5, 0.6) is 0 Å². The topological polar surface area (TPSA) is 35.5 Å². The third-order valence-corrected chi connectivity index (χ3v) is 2.52. The molecule has 3 atom stereocenters. The van der Waals surface area contributed by atoms with Gasteiger partial charge in [-0.15, -0.1) is 0 Å². The van der Waals surface area contributed by atoms with Gasteiger partial charge in [0.05, 0.1) is 6.10 Å². The second-order valence-electron chi connectivity index (χ2n) is 3.90. The minimum atomic E-state index is -0.186. The van der Waals surface area contributed by atoms with Crippen molar-refractivity contribution in [1.29, 1.82) is 0 Å². The maximum absolute atomic E-state index is 10.8. The third kappa shape index (κ3) is 5.78. The molecule has 90 valence electrons. The molecule has 1 aliphatic rings. The van der Waals surface area contributed by atoms with Crippen molar-refractivity contribution in [3.05, 3.63) is 0 Å². The first-order valence-corrected chi connectivity index (χ1v) is 5.81. The van der Waals surface area contributed by atoms with Crippen LogP contribution in [0.4, 0.5) is 0 Å². The van der Waals surface area contributed by atoms with Gasteiger partial charge in [-0.25, -0.2) is 0 Å². The monoisotopic (exact) mass is 216 g/mol. The van der Waals surface area contributed by atoms with Gasteiger partial charge in [-0.3, -0.25) is 4.79 Å². The molecule has 0 amide bonds. The highest BCUT2D eigenvalue weighted by Crippen LogP contribution is 2.27. The summed E-state index contributed by atoms with van der Waals surface area (Å²) in [6.07, 6.45) is 3.22. The van der Waals surface area contributed by atoms with E-state index in [2.05, 4.69) is 6.92 Å². The predicted octanol–water partition coefficient (Wildman–Crippen LogP) is 2.78. The number of hydrogen-bond acceptors (Lipinski definition) is 3. The number of carbonyl (C=O) groups excluding carboxylic acids is 1. The van der Waals surface area contributed by atoms with E-state index in [0.29, 0.717) is 5.92 Å². The zero-order valence-corrected chi connectivity index (χ0v) is 10.6. The van der Waals surface area contributed by atoms with Gasteiger partial charge in [-0.05, 0) is 18.8 Å². The van der Waals surface area contributed by atoms with Gasteiger partial charge in [0.25, 0.3) is 0 Å². The van der Waals surface area contributed by atoms with E-state index in [1.54, 1.807) is 7.11 Å². The van der Waals surface area contributed by atoms with E-state index in [0.717, 1.165) is 19.3 Å². The first-order valence-electron chi connectivity index (χ1n) is 5.81. The maximum atomic E-state index is 10.8. The molecule has 15 heavy (non-hydrogen) atoms. The molecule has 1 fully saturated rings. The minimum Gasteiger partial charge on any atom is -0.462 e. The quantitative estimate of drug-likeness (QED) is 0.666. The second kappa shape index (κ2) is 7.69. The van der Waals surface area contributed by atoms with Crippen LogP contribution < -0.4 is 0 Å². The highest BCUT2D eigenvalue weighted by molar-refractivity contribution is 5.66. The first kappa shape index (κ1) is 14.4. The Morgan fingerprint density at radius 2 is 1.67 bits per heavy atom. The van der Waals surface area contributed by atoms with Crippen LogP contribution in [0.3, 0.4) is 0 Å². The van der Waals surface area contributed by atoms with Crippen molar-refractivity contribution in [2.45, 2.75) is 59.2 Å². The first-order chi connectivity index (χ1) is 7.11. The molecule has 0 aromatic heterocycles. The van der Waals surface area contributed by atoms with Crippen LogP contribution in [0.2, 0.25) is 0 Å². The van der Waals surface area contributed by atoms with Crippen LogP contribution in [0.25, 0.3) is 0 Å². The molecule has 0 aromatic rings. The van der Waals surface area contributed by atoms with E-state index in [9.17, 15) is 4.79 Å². The Morgan fingerprint density at radius 3 is 2.13 bits per heavy atom. The van der Waals surface area contributed by atoms with Crippen molar-refractivity contribution in [3.8, 4) is 0 Å². The average Bonchev–Trinajstić information content (AvgIpc) is 2.18. The Balaban J connectivity index is 0.000000921. The average molecular weight is 216 g/mol. The molecule has 0 heterocycles. The van der Waals surface area contributed by atoms with Crippen molar-refractivity contribution in [2.24, 2.45) is 5.92 Å². The van der Waals surface area contributed by atoms with Crippen molar-refractivity contribution in [3.63, 3.8) is 0 Å². The molecule has 3 nitrogen and oxygen atoms in total. The predicted molar refractivity (Wildman–Crippen MR) is 60.7 cm³/mol. The van der Waals surface area contributed by atoms with E-state index in [-0.39, 0.29) is 18.2 Å². The van der Waals surface area contributed by atoms with E-state index < -0.39 is 0 Å². The van der Waals surface area contributed by atoms with E-state index in [1.807, 2.05) is 13.8 Å². The van der Waals surface area contributed by atoms with E-state index in [4.69, 9.17) is 9.47 Å². The molecule has 1 rings (SSSR count). The van der Waals surface area contributed by atoms with Gasteiger partial charge in [0.15, 0.2) is 0 Å². The maximum Gasteiger partial charge on any atom is 0.302 e. The lowest BCUT2D eigenvalue weighted by Crippen LogP contribution is -2.32. The number of methoxy groups -OCH3 is 1. The fraction of sp³-hybridized carbons (Fsp3) is 0.917. The van der Waals surface area contributed by atoms with Crippen LogP contribution in [0, 0.1) is 5.92 Å². The summed E-state index contributed by atoms with van der Waals surface area (Å²) >= 11 is 0. The lowest BCUT2D eigenvalue weighted by Gasteiger charge is -2.31. The zero-order valence-electron chi connectivity index (χ0n) is 10.6. The molecule has 1 aliphatic carbocycles. The smallest absolute Gasteiger partial charge is 0.302 e. The molecule has 0 radical (unpaired) electrons. The van der Waals surface area contributed by atoms with Gasteiger partial charge in [0, 0.05) is 20.5 Å². The summed E-state index contributed by atoms with van der Waals surface area (Å²) in [5.41, 5.74) is 0. The van der Waals surface area contributed by atoms with E-state index in [1.165, 1.54) is 6.92 Å². The Labute approximate surface area is 93.1 Å². The third-order valence-electron chi connectivity index (χ3n) is 2.52. The van der Waals surface area contributed by atoms with Gasteiger partial charge < -0.3 is 9.47 Å². The van der Waals surface area contributed by atoms with Gasteiger partial charge >= 0.3 is 5.97 Å². The summed E-state index contributed by atoms with van der Waals surface area (Å²) in [6.45, 7) is 7.63. The van der Waals surface area contributed by atoms with Crippen molar-refractivity contribution in [1.82, 2.24) is 0 Å². The molecular weight excluding hydrogens is 192 g/mol. The lowest BCUT2D eigenvalue weighted by molar-refractivity contribution is -0.151. The standard InChI is InChI=1S/C10H18O3.C2H6/c1-7-4-9(12-3)6-10(5-7)13-8(2)11;1-2/h7,9-10H,4-6H2,1-3H3;1-2H3. The van der Waals surface area contributed by atoms with Gasteiger partial charge in [-0.1, -0.05) is 20.8 Å². The van der Waals surface area contributed by atoms with Crippen LogP contribution in [-0.4, -0.2) is 25.3 Å². The molecule has 1 saturated carbocycles. The number of rotatable bonds is 2. The molecular formula is C12H24O3. The molecule has 0 aliphatic heterocycles. The van der Waals surface area contributed by atoms with Gasteiger partial charge in [-0.2, -0.15) is 0 Å². The van der Waals surface area contributed by atoms with Gasteiger partial charge in [0.2, 0.25) is 0 Å². The van der Waals surface area contributed by atoms with Gasteiger partial charge in [0.1, 0.15) is 6.10 Å². The second-order valence-corrected chi connectivity index (χ2v) is 3.90. The highest BCUT2D eigenvalue weighted by atomic mass is 16.5. The van der Waals surface area contributed by atoms with Crippen molar-refractivity contribution in [2.75, 3.05) is 7.11 Å². The molecule has 0 bridgehead atoms. The van der Waals surface area contributed by atoms with Crippen LogP contribution in [-0.2, 0) is 14.3 Å². The fourth-order valence-electron chi connectivity index (χ4n) is 2.00. The largest absolute Gasteiger partial charge is 0.462 e. The Morgan fingerprint density at radius 1 is 1.13 bits per heavy atom. The Bertz CT molecular complexity index is 180. The number of esters is 1. The number of hydrogen-bond donors (Lipinski definition) is 0. The van der Waals surface area contributed by atoms with Crippen molar-refractivity contribution >= 4 is 5.97 Å². The minimum absolute atomic E-state index is 0.0613. The number of carbonyl (C=O) groups is 1. The normalized spacial score (nSPS) is 30.1. The molecule has 0 spiro atoms. The summed E-state index contributed by atoms with van der Waals surface area (Å²) in [7, 11) is 1.72. The van der Waals surface area contributed by atoms with Crippen molar-refractivity contribution < 1.29 is 14.3 Å². The molecule has 3 heteroatoms. The summed E-state index contributed by atoms with van der Waals surface area (Å²) in [4.78, 5) is 10.8. The summed E-state index contributed by atoms with van der Waals surface area (Å²) in [5.74, 6) is 0.400. The number of ether oxygens (including phenoxy) is 2. The SMILES string of the molecule is CC.COC1CC(C)CC(OC(C)=O)C1. The van der Waals surface area contributed by atoms with Crippen LogP contribution >= 0.6 is 0 Å². The summed E-state index contributed by atoms with van der Waals surface area (Å²) in [5, 5.41) is 0. The molecule has 0 N–H and O–H groups in total. The Kier molecular flexibility index (Phi) is 7.39. The molecule has 3 unspecified atom stereocenters. The zero-order chi connectivity index (χ0) is 11.8. The molecule has 0 aromatic carbocycles.